The summed E-state index contributed by atoms with van der Waals surface area (Å²) in [7, 11) is 0. The SMILES string of the molecule is CC1CCNC(C2CC2)CN1Cc1cccc(F)c1F. The summed E-state index contributed by atoms with van der Waals surface area (Å²) >= 11 is 0. The molecule has 0 spiro atoms. The van der Waals surface area contributed by atoms with Gasteiger partial charge in [-0.3, -0.25) is 4.90 Å². The van der Waals surface area contributed by atoms with E-state index in [1.807, 2.05) is 0 Å². The number of nitrogens with one attached hydrogen (secondary N) is 1. The van der Waals surface area contributed by atoms with E-state index in [1.54, 1.807) is 12.1 Å². The first-order valence-corrected chi connectivity index (χ1v) is 7.55. The Morgan fingerprint density at radius 1 is 1.25 bits per heavy atom. The van der Waals surface area contributed by atoms with Crippen molar-refractivity contribution >= 4 is 0 Å². The van der Waals surface area contributed by atoms with E-state index in [9.17, 15) is 8.78 Å². The molecule has 110 valence electrons. The zero-order valence-electron chi connectivity index (χ0n) is 11.9. The predicted octanol–water partition coefficient (Wildman–Crippen LogP) is 2.93. The number of benzene rings is 1. The van der Waals surface area contributed by atoms with E-state index in [-0.39, 0.29) is 0 Å². The van der Waals surface area contributed by atoms with E-state index in [0.29, 0.717) is 24.2 Å². The molecular formula is C16H22F2N2. The molecule has 1 heterocycles. The molecule has 3 rings (SSSR count). The maximum atomic E-state index is 13.8. The van der Waals surface area contributed by atoms with Gasteiger partial charge in [-0.1, -0.05) is 12.1 Å². The summed E-state index contributed by atoms with van der Waals surface area (Å²) in [6.07, 6.45) is 3.66. The van der Waals surface area contributed by atoms with Crippen molar-refractivity contribution in [1.29, 1.82) is 0 Å². The number of hydrogen-bond donors (Lipinski definition) is 1. The summed E-state index contributed by atoms with van der Waals surface area (Å²) in [5.74, 6) is -0.665. The number of nitrogens with zero attached hydrogens (tertiary/aromatic N) is 1. The number of hydrogen-bond acceptors (Lipinski definition) is 2. The van der Waals surface area contributed by atoms with Crippen LogP contribution in [0.4, 0.5) is 8.78 Å². The molecule has 2 unspecified atom stereocenters. The van der Waals surface area contributed by atoms with Gasteiger partial charge in [0.15, 0.2) is 11.6 Å². The normalized spacial score (nSPS) is 28.4. The van der Waals surface area contributed by atoms with Crippen molar-refractivity contribution in [1.82, 2.24) is 10.2 Å². The van der Waals surface area contributed by atoms with E-state index in [4.69, 9.17) is 0 Å². The maximum absolute atomic E-state index is 13.8. The summed E-state index contributed by atoms with van der Waals surface area (Å²) in [4.78, 5) is 2.29. The molecule has 0 radical (unpaired) electrons. The van der Waals surface area contributed by atoms with Crippen molar-refractivity contribution in [2.24, 2.45) is 5.92 Å². The second kappa shape index (κ2) is 5.78. The van der Waals surface area contributed by atoms with Crippen LogP contribution in [0.25, 0.3) is 0 Å². The minimum Gasteiger partial charge on any atom is -0.312 e. The van der Waals surface area contributed by atoms with Crippen molar-refractivity contribution in [3.8, 4) is 0 Å². The van der Waals surface area contributed by atoms with Gasteiger partial charge in [0.25, 0.3) is 0 Å². The molecule has 0 aromatic heterocycles. The quantitative estimate of drug-likeness (QED) is 0.916. The van der Waals surface area contributed by atoms with E-state index in [2.05, 4.69) is 17.1 Å². The minimum absolute atomic E-state index is 0.397. The highest BCUT2D eigenvalue weighted by Crippen LogP contribution is 2.34. The lowest BCUT2D eigenvalue weighted by Crippen LogP contribution is -2.41. The molecule has 1 saturated heterocycles. The predicted molar refractivity (Wildman–Crippen MR) is 75.4 cm³/mol. The largest absolute Gasteiger partial charge is 0.312 e. The molecule has 2 atom stereocenters. The first-order chi connectivity index (χ1) is 9.65. The highest BCUT2D eigenvalue weighted by Gasteiger charge is 2.34. The van der Waals surface area contributed by atoms with Gasteiger partial charge in [-0.25, -0.2) is 8.78 Å². The molecule has 1 aromatic rings. The van der Waals surface area contributed by atoms with Crippen LogP contribution in [0.15, 0.2) is 18.2 Å². The van der Waals surface area contributed by atoms with Crippen LogP contribution in [0.3, 0.4) is 0 Å². The fourth-order valence-electron chi connectivity index (χ4n) is 3.08. The van der Waals surface area contributed by atoms with Crippen LogP contribution in [-0.4, -0.2) is 30.1 Å². The van der Waals surface area contributed by atoms with Gasteiger partial charge >= 0.3 is 0 Å². The lowest BCUT2D eigenvalue weighted by Gasteiger charge is -2.29. The minimum atomic E-state index is -0.748. The Kier molecular flexibility index (Phi) is 4.03. The fourth-order valence-corrected chi connectivity index (χ4v) is 3.08. The molecule has 2 aliphatic rings. The van der Waals surface area contributed by atoms with Crippen LogP contribution in [0.5, 0.6) is 0 Å². The summed E-state index contributed by atoms with van der Waals surface area (Å²) in [6, 6.07) is 5.37. The Balaban J connectivity index is 1.74. The third kappa shape index (κ3) is 3.01. The summed E-state index contributed by atoms with van der Waals surface area (Å²) in [6.45, 7) is 4.62. The van der Waals surface area contributed by atoms with Crippen LogP contribution >= 0.6 is 0 Å². The molecule has 2 nitrogen and oxygen atoms in total. The lowest BCUT2D eigenvalue weighted by molar-refractivity contribution is 0.188. The zero-order chi connectivity index (χ0) is 14.1. The van der Waals surface area contributed by atoms with Gasteiger partial charge in [0, 0.05) is 30.7 Å². The molecule has 1 aromatic carbocycles. The molecule has 1 aliphatic heterocycles. The Bertz CT molecular complexity index is 474. The van der Waals surface area contributed by atoms with Gasteiger partial charge in [0.05, 0.1) is 0 Å². The average Bonchev–Trinajstić information content (AvgIpc) is 3.25. The number of rotatable bonds is 3. The first kappa shape index (κ1) is 14.0. The average molecular weight is 280 g/mol. The van der Waals surface area contributed by atoms with Crippen molar-refractivity contribution in [3.63, 3.8) is 0 Å². The molecule has 1 N–H and O–H groups in total. The van der Waals surface area contributed by atoms with Gasteiger partial charge in [-0.05, 0) is 44.7 Å². The van der Waals surface area contributed by atoms with Gasteiger partial charge < -0.3 is 5.32 Å². The van der Waals surface area contributed by atoms with E-state index in [0.717, 1.165) is 25.4 Å². The maximum Gasteiger partial charge on any atom is 0.163 e. The monoisotopic (exact) mass is 280 g/mol. The highest BCUT2D eigenvalue weighted by molar-refractivity contribution is 5.19. The van der Waals surface area contributed by atoms with Crippen molar-refractivity contribution in [2.75, 3.05) is 13.1 Å². The Hall–Kier alpha value is -1.00. The molecular weight excluding hydrogens is 258 g/mol. The van der Waals surface area contributed by atoms with Gasteiger partial charge in [-0.15, -0.1) is 0 Å². The Labute approximate surface area is 119 Å². The third-order valence-corrected chi connectivity index (χ3v) is 4.62. The fraction of sp³-hybridized carbons (Fsp3) is 0.625. The van der Waals surface area contributed by atoms with Gasteiger partial charge in [0.2, 0.25) is 0 Å². The van der Waals surface area contributed by atoms with Crippen molar-refractivity contribution in [2.45, 2.75) is 44.8 Å². The smallest absolute Gasteiger partial charge is 0.163 e. The summed E-state index contributed by atoms with van der Waals surface area (Å²) in [5.41, 5.74) is 0.466. The van der Waals surface area contributed by atoms with E-state index >= 15 is 0 Å². The van der Waals surface area contributed by atoms with Gasteiger partial charge in [0.1, 0.15) is 0 Å². The van der Waals surface area contributed by atoms with Crippen molar-refractivity contribution in [3.05, 3.63) is 35.4 Å². The van der Waals surface area contributed by atoms with Crippen LogP contribution in [0.2, 0.25) is 0 Å². The molecule has 20 heavy (non-hydrogen) atoms. The molecule has 0 bridgehead atoms. The number of halogens is 2. The summed E-state index contributed by atoms with van der Waals surface area (Å²) < 4.78 is 27.2. The Morgan fingerprint density at radius 3 is 2.80 bits per heavy atom. The van der Waals surface area contributed by atoms with Crippen LogP contribution in [0, 0.1) is 17.6 Å². The van der Waals surface area contributed by atoms with Crippen LogP contribution in [0.1, 0.15) is 31.7 Å². The molecule has 0 amide bonds. The van der Waals surface area contributed by atoms with Crippen molar-refractivity contribution < 1.29 is 8.78 Å². The molecule has 1 saturated carbocycles. The Morgan fingerprint density at radius 2 is 2.05 bits per heavy atom. The zero-order valence-corrected chi connectivity index (χ0v) is 11.9. The summed E-state index contributed by atoms with van der Waals surface area (Å²) in [5, 5.41) is 3.61. The van der Waals surface area contributed by atoms with Crippen LogP contribution < -0.4 is 5.32 Å². The highest BCUT2D eigenvalue weighted by atomic mass is 19.2. The molecule has 1 aliphatic carbocycles. The second-order valence-electron chi connectivity index (χ2n) is 6.18. The van der Waals surface area contributed by atoms with Gasteiger partial charge in [-0.2, -0.15) is 0 Å². The van der Waals surface area contributed by atoms with Crippen LogP contribution in [-0.2, 0) is 6.54 Å². The second-order valence-corrected chi connectivity index (χ2v) is 6.18. The molecule has 2 fully saturated rings. The van der Waals surface area contributed by atoms with E-state index in [1.165, 1.54) is 18.9 Å². The first-order valence-electron chi connectivity index (χ1n) is 7.55. The molecule has 4 heteroatoms. The van der Waals surface area contributed by atoms with E-state index < -0.39 is 11.6 Å². The topological polar surface area (TPSA) is 15.3 Å². The standard InChI is InChI=1S/C16H22F2N2/c1-11-7-8-19-15(12-5-6-12)10-20(11)9-13-3-2-4-14(17)16(13)18/h2-4,11-12,15,19H,5-10H2,1H3. The lowest BCUT2D eigenvalue weighted by atomic mass is 10.1. The third-order valence-electron chi connectivity index (χ3n) is 4.62.